The van der Waals surface area contributed by atoms with Gasteiger partial charge in [-0.1, -0.05) is 59.8 Å². The lowest BCUT2D eigenvalue weighted by Gasteiger charge is -2.29. The molecule has 0 saturated heterocycles. The van der Waals surface area contributed by atoms with Crippen LogP contribution in [-0.2, 0) is 14.3 Å². The van der Waals surface area contributed by atoms with Crippen molar-refractivity contribution in [3.63, 3.8) is 0 Å². The molecule has 1 saturated carbocycles. The van der Waals surface area contributed by atoms with Crippen LogP contribution in [0.2, 0.25) is 0 Å². The molecule has 4 nitrogen and oxygen atoms in total. The first-order valence-corrected chi connectivity index (χ1v) is 10.2. The number of hydrogen-bond acceptors (Lipinski definition) is 3. The van der Waals surface area contributed by atoms with Crippen molar-refractivity contribution in [2.24, 2.45) is 23.7 Å². The molecule has 1 N–H and O–H groups in total. The Morgan fingerprint density at radius 1 is 0.920 bits per heavy atom. The van der Waals surface area contributed by atoms with Crippen LogP contribution in [-0.4, -0.2) is 23.1 Å². The second kappa shape index (κ2) is 11.5. The highest BCUT2D eigenvalue weighted by molar-refractivity contribution is 5.81. The highest BCUT2D eigenvalue weighted by Crippen LogP contribution is 2.32. The number of unbranched alkanes of at least 4 members (excludes halogenated alkanes) is 2. The van der Waals surface area contributed by atoms with Crippen molar-refractivity contribution < 1.29 is 19.4 Å². The van der Waals surface area contributed by atoms with E-state index < -0.39 is 17.8 Å². The first-order valence-electron chi connectivity index (χ1n) is 10.2. The topological polar surface area (TPSA) is 63.6 Å². The molecule has 0 spiro atoms. The fourth-order valence-corrected chi connectivity index (χ4v) is 3.81. The summed E-state index contributed by atoms with van der Waals surface area (Å²) < 4.78 is 5.81. The minimum atomic E-state index is -0.851. The Morgan fingerprint density at radius 2 is 1.52 bits per heavy atom. The lowest BCUT2D eigenvalue weighted by Crippen LogP contribution is -2.35. The second-order valence-corrected chi connectivity index (χ2v) is 8.56. The van der Waals surface area contributed by atoms with Gasteiger partial charge in [0.2, 0.25) is 0 Å². The van der Waals surface area contributed by atoms with Gasteiger partial charge in [-0.2, -0.15) is 0 Å². The lowest BCUT2D eigenvalue weighted by molar-refractivity contribution is -0.164. The van der Waals surface area contributed by atoms with Gasteiger partial charge in [-0.05, 0) is 43.9 Å². The van der Waals surface area contributed by atoms with Crippen molar-refractivity contribution in [1.82, 2.24) is 0 Å². The van der Waals surface area contributed by atoms with Gasteiger partial charge >= 0.3 is 11.9 Å². The Bertz CT molecular complexity index is 403. The number of carbonyl (C=O) groups is 2. The van der Waals surface area contributed by atoms with Crippen molar-refractivity contribution in [2.75, 3.05) is 0 Å². The molecular formula is C21H38O4. The fourth-order valence-electron chi connectivity index (χ4n) is 3.81. The monoisotopic (exact) mass is 354 g/mol. The molecule has 0 aromatic rings. The van der Waals surface area contributed by atoms with E-state index in [2.05, 4.69) is 27.7 Å². The van der Waals surface area contributed by atoms with Crippen LogP contribution >= 0.6 is 0 Å². The number of hydrogen-bond donors (Lipinski definition) is 1. The Balaban J connectivity index is 2.51. The van der Waals surface area contributed by atoms with Crippen LogP contribution in [0.5, 0.6) is 0 Å². The van der Waals surface area contributed by atoms with Gasteiger partial charge in [-0.25, -0.2) is 0 Å². The average Bonchev–Trinajstić information content (AvgIpc) is 2.53. The number of carboxylic acid groups (broad SMARTS) is 1. The Morgan fingerprint density at radius 3 is 2.08 bits per heavy atom. The largest absolute Gasteiger partial charge is 0.481 e. The molecule has 0 aromatic heterocycles. The molecule has 1 fully saturated rings. The van der Waals surface area contributed by atoms with Gasteiger partial charge in [-0.15, -0.1) is 0 Å². The molecule has 4 heteroatoms. The van der Waals surface area contributed by atoms with Crippen LogP contribution in [0.3, 0.4) is 0 Å². The summed E-state index contributed by atoms with van der Waals surface area (Å²) in [5.74, 6) is -0.942. The summed E-state index contributed by atoms with van der Waals surface area (Å²) in [6.07, 6.45) is 9.48. The number of esters is 1. The van der Waals surface area contributed by atoms with E-state index in [4.69, 9.17) is 4.74 Å². The van der Waals surface area contributed by atoms with Crippen molar-refractivity contribution in [3.05, 3.63) is 0 Å². The predicted molar refractivity (Wildman–Crippen MR) is 100 cm³/mol. The minimum absolute atomic E-state index is 0.0667. The van der Waals surface area contributed by atoms with Crippen LogP contribution in [0, 0.1) is 23.7 Å². The molecular weight excluding hydrogens is 316 g/mol. The van der Waals surface area contributed by atoms with Crippen LogP contribution in [0.4, 0.5) is 0 Å². The number of aliphatic carboxylic acids is 1. The highest BCUT2D eigenvalue weighted by atomic mass is 16.5. The summed E-state index contributed by atoms with van der Waals surface area (Å²) in [6.45, 7) is 8.76. The van der Waals surface area contributed by atoms with Crippen molar-refractivity contribution in [1.29, 1.82) is 0 Å². The van der Waals surface area contributed by atoms with Crippen LogP contribution in [0.1, 0.15) is 91.9 Å². The average molecular weight is 355 g/mol. The zero-order chi connectivity index (χ0) is 18.8. The Kier molecular flexibility index (Phi) is 10.1. The van der Waals surface area contributed by atoms with Gasteiger partial charge in [0.1, 0.15) is 6.10 Å². The summed E-state index contributed by atoms with van der Waals surface area (Å²) in [5, 5.41) is 9.37. The quantitative estimate of drug-likeness (QED) is 0.396. The first-order chi connectivity index (χ1) is 11.8. The highest BCUT2D eigenvalue weighted by Gasteiger charge is 2.37. The van der Waals surface area contributed by atoms with E-state index in [1.54, 1.807) is 0 Å². The van der Waals surface area contributed by atoms with Crippen LogP contribution < -0.4 is 0 Å². The molecule has 1 rings (SSSR count). The molecule has 25 heavy (non-hydrogen) atoms. The summed E-state index contributed by atoms with van der Waals surface area (Å²) in [7, 11) is 0. The molecule has 0 heterocycles. The maximum absolute atomic E-state index is 12.6. The third kappa shape index (κ3) is 8.73. The lowest BCUT2D eigenvalue weighted by atomic mass is 9.79. The summed E-state index contributed by atoms with van der Waals surface area (Å²) in [6, 6.07) is 0. The van der Waals surface area contributed by atoms with E-state index >= 15 is 0 Å². The maximum Gasteiger partial charge on any atom is 0.310 e. The third-order valence-electron chi connectivity index (χ3n) is 5.21. The number of carbonyl (C=O) groups excluding carboxylic acids is 1. The zero-order valence-corrected chi connectivity index (χ0v) is 16.6. The zero-order valence-electron chi connectivity index (χ0n) is 16.6. The van der Waals surface area contributed by atoms with Gasteiger partial charge in [-0.3, -0.25) is 9.59 Å². The SMILES string of the molecule is CC(C)CCCCCC(CC(C)C)OC(=O)C1CCCCC1C(=O)O. The third-order valence-corrected chi connectivity index (χ3v) is 5.21. The molecule has 0 radical (unpaired) electrons. The van der Waals surface area contributed by atoms with Gasteiger partial charge in [0, 0.05) is 0 Å². The van der Waals surface area contributed by atoms with Crippen LogP contribution in [0.25, 0.3) is 0 Å². The molecule has 146 valence electrons. The summed E-state index contributed by atoms with van der Waals surface area (Å²) >= 11 is 0. The van der Waals surface area contributed by atoms with Gasteiger partial charge in [0.05, 0.1) is 11.8 Å². The first kappa shape index (κ1) is 22.0. The second-order valence-electron chi connectivity index (χ2n) is 8.56. The molecule has 1 aliphatic carbocycles. The fraction of sp³-hybridized carbons (Fsp3) is 0.905. The van der Waals surface area contributed by atoms with Gasteiger partial charge in [0.15, 0.2) is 0 Å². The predicted octanol–water partition coefficient (Wildman–Crippen LogP) is 5.44. The molecule has 3 atom stereocenters. The standard InChI is InChI=1S/C21H38O4/c1-15(2)10-6-5-7-11-17(14-16(3)4)25-21(24)19-13-9-8-12-18(19)20(22)23/h15-19H,5-14H2,1-4H3,(H,22,23). The van der Waals surface area contributed by atoms with Crippen LogP contribution in [0.15, 0.2) is 0 Å². The minimum Gasteiger partial charge on any atom is -0.481 e. The molecule has 3 unspecified atom stereocenters. The Labute approximate surface area is 153 Å². The normalized spacial score (nSPS) is 22.2. The van der Waals surface area contributed by atoms with Gasteiger partial charge < -0.3 is 9.84 Å². The van der Waals surface area contributed by atoms with Crippen molar-refractivity contribution in [2.45, 2.75) is 98.0 Å². The number of ether oxygens (including phenoxy) is 1. The molecule has 0 aliphatic heterocycles. The smallest absolute Gasteiger partial charge is 0.310 e. The molecule has 0 aromatic carbocycles. The number of carboxylic acids is 1. The maximum atomic E-state index is 12.6. The van der Waals surface area contributed by atoms with E-state index in [0.717, 1.165) is 38.0 Å². The summed E-state index contributed by atoms with van der Waals surface area (Å²) in [5.41, 5.74) is 0. The van der Waals surface area contributed by atoms with Crippen molar-refractivity contribution in [3.8, 4) is 0 Å². The number of rotatable bonds is 11. The van der Waals surface area contributed by atoms with Crippen molar-refractivity contribution >= 4 is 11.9 Å². The van der Waals surface area contributed by atoms with Gasteiger partial charge in [0.25, 0.3) is 0 Å². The molecule has 1 aliphatic rings. The summed E-state index contributed by atoms with van der Waals surface area (Å²) in [4.78, 5) is 24.0. The Hall–Kier alpha value is -1.06. The van der Waals surface area contributed by atoms with E-state index in [1.165, 1.54) is 19.3 Å². The van der Waals surface area contributed by atoms with E-state index in [1.807, 2.05) is 0 Å². The molecule has 0 bridgehead atoms. The van der Waals surface area contributed by atoms with E-state index in [9.17, 15) is 14.7 Å². The van der Waals surface area contributed by atoms with E-state index in [-0.39, 0.29) is 12.1 Å². The van der Waals surface area contributed by atoms with E-state index in [0.29, 0.717) is 18.8 Å². The molecule has 0 amide bonds.